The minimum atomic E-state index is -5.26. The van der Waals surface area contributed by atoms with Crippen LogP contribution in [0.15, 0.2) is 69.3 Å². The van der Waals surface area contributed by atoms with Gasteiger partial charge in [-0.1, -0.05) is 53.7 Å². The topological polar surface area (TPSA) is 262 Å². The fourth-order valence-electron chi connectivity index (χ4n) is 5.72. The molecule has 0 saturated carbocycles. The molecule has 1 aliphatic carbocycles. The zero-order chi connectivity index (χ0) is 39.1. The van der Waals surface area contributed by atoms with E-state index in [2.05, 4.69) is 10.6 Å². The monoisotopic (exact) mass is 843 g/mol. The zero-order valence-electron chi connectivity index (χ0n) is 31.4. The Morgan fingerprint density at radius 3 is 1.13 bits per heavy atom. The van der Waals surface area contributed by atoms with E-state index in [0.717, 1.165) is 0 Å². The summed E-state index contributed by atoms with van der Waals surface area (Å²) >= 11 is 0. The molecule has 15 nitrogen and oxygen atoms in total. The molecule has 21 heteroatoms. The van der Waals surface area contributed by atoms with Crippen LogP contribution in [-0.2, 0) is 41.2 Å². The minimum absolute atomic E-state index is 0. The zero-order valence-corrected chi connectivity index (χ0v) is 39.9. The molecule has 4 aromatic carbocycles. The second-order valence-electron chi connectivity index (χ2n) is 14.2. The number of benzene rings is 4. The number of fused-ring (bicyclic) bond motifs is 2. The molecular formula is C34H34N2Na3O13S3. The molecule has 3 radical (unpaired) electrons. The summed E-state index contributed by atoms with van der Waals surface area (Å²) in [6.45, 7) is 10.8. The van der Waals surface area contributed by atoms with Gasteiger partial charge in [-0.25, -0.2) is 0 Å². The average Bonchev–Trinajstić information content (AvgIpc) is 2.99. The number of phenols is 2. The van der Waals surface area contributed by atoms with Crippen molar-refractivity contribution in [2.45, 2.75) is 67.1 Å². The molecule has 0 atom stereocenters. The maximum atomic E-state index is 14.3. The van der Waals surface area contributed by atoms with Gasteiger partial charge in [0.1, 0.15) is 26.2 Å². The third-order valence-electron chi connectivity index (χ3n) is 8.43. The summed E-state index contributed by atoms with van der Waals surface area (Å²) in [5.41, 5.74) is -4.29. The van der Waals surface area contributed by atoms with E-state index in [0.29, 0.717) is 17.2 Å². The van der Waals surface area contributed by atoms with Gasteiger partial charge in [-0.2, -0.15) is 25.3 Å². The summed E-state index contributed by atoms with van der Waals surface area (Å²) < 4.78 is 104. The van der Waals surface area contributed by atoms with Crippen molar-refractivity contribution in [1.29, 1.82) is 0 Å². The average molecular weight is 844 g/mol. The van der Waals surface area contributed by atoms with Crippen LogP contribution in [0, 0.1) is 0 Å². The first-order valence-corrected chi connectivity index (χ1v) is 19.5. The number of phenolic OH excluding ortho intramolecular Hbond substituents is 2. The van der Waals surface area contributed by atoms with Crippen molar-refractivity contribution in [2.24, 2.45) is 0 Å². The Morgan fingerprint density at radius 1 is 0.473 bits per heavy atom. The van der Waals surface area contributed by atoms with Crippen LogP contribution in [0.4, 0.5) is 22.7 Å². The normalized spacial score (nSPS) is 13.0. The third kappa shape index (κ3) is 9.89. The van der Waals surface area contributed by atoms with Crippen LogP contribution < -0.4 is 10.6 Å². The molecule has 7 N–H and O–H groups in total. The van der Waals surface area contributed by atoms with E-state index in [1.54, 1.807) is 53.7 Å². The van der Waals surface area contributed by atoms with Crippen molar-refractivity contribution in [3.63, 3.8) is 0 Å². The van der Waals surface area contributed by atoms with Crippen molar-refractivity contribution in [1.82, 2.24) is 0 Å². The number of nitrogens with one attached hydrogen (secondary N) is 2. The molecule has 0 aliphatic heterocycles. The van der Waals surface area contributed by atoms with Crippen molar-refractivity contribution >= 4 is 153 Å². The van der Waals surface area contributed by atoms with Gasteiger partial charge < -0.3 is 20.8 Å². The second kappa shape index (κ2) is 16.8. The Morgan fingerprint density at radius 2 is 0.800 bits per heavy atom. The van der Waals surface area contributed by atoms with Crippen LogP contribution >= 0.6 is 0 Å². The van der Waals surface area contributed by atoms with Crippen LogP contribution in [-0.4, -0.2) is 149 Å². The first kappa shape index (κ1) is 49.3. The number of hydrogen-bond donors (Lipinski definition) is 7. The van der Waals surface area contributed by atoms with E-state index in [4.69, 9.17) is 0 Å². The van der Waals surface area contributed by atoms with Crippen LogP contribution in [0.3, 0.4) is 0 Å². The molecule has 1 aliphatic rings. The largest absolute Gasteiger partial charge is 0.507 e. The molecule has 0 bridgehead atoms. The molecule has 0 amide bonds. The van der Waals surface area contributed by atoms with Gasteiger partial charge in [0.2, 0.25) is 11.6 Å². The first-order chi connectivity index (χ1) is 23.6. The Balaban J connectivity index is 0.00000348. The fourth-order valence-corrected chi connectivity index (χ4v) is 7.67. The van der Waals surface area contributed by atoms with Gasteiger partial charge >= 0.3 is 0 Å². The van der Waals surface area contributed by atoms with Crippen LogP contribution in [0.25, 0.3) is 0 Å². The Hall–Kier alpha value is -1.85. The van der Waals surface area contributed by atoms with Gasteiger partial charge in [-0.3, -0.25) is 23.2 Å². The van der Waals surface area contributed by atoms with Crippen molar-refractivity contribution in [3.05, 3.63) is 88.0 Å². The van der Waals surface area contributed by atoms with E-state index in [1.807, 2.05) is 0 Å². The van der Waals surface area contributed by atoms with Crippen LogP contribution in [0.2, 0.25) is 0 Å². The van der Waals surface area contributed by atoms with Gasteiger partial charge in [0.25, 0.3) is 30.4 Å². The Labute approximate surface area is 384 Å². The second-order valence-corrected chi connectivity index (χ2v) is 18.3. The van der Waals surface area contributed by atoms with Crippen molar-refractivity contribution in [2.75, 3.05) is 10.6 Å². The molecule has 0 spiro atoms. The number of carbonyl (C=O) groups excluding carboxylic acids is 2. The van der Waals surface area contributed by atoms with Crippen LogP contribution in [0.1, 0.15) is 84.5 Å². The summed E-state index contributed by atoms with van der Waals surface area (Å²) in [5.74, 6) is -4.97. The smallest absolute Gasteiger partial charge is 0.298 e. The Kier molecular flexibility index (Phi) is 15.0. The maximum Gasteiger partial charge on any atom is 0.298 e. The first-order valence-electron chi connectivity index (χ1n) is 15.2. The van der Waals surface area contributed by atoms with Gasteiger partial charge in [-0.05, 0) is 58.4 Å². The van der Waals surface area contributed by atoms with Gasteiger partial charge in [0, 0.05) is 94.7 Å². The van der Waals surface area contributed by atoms with Crippen molar-refractivity contribution < 1.29 is 58.7 Å². The molecule has 0 heterocycles. The standard InChI is InChI=1S/C34H34N2O13S3.3Na/c1-33(2,3)16-7-9-18(23(13-16)50(41,42)43)35-20-11-12-21(36-19-10-8-17(34(4,5)6)14-24(19)51(44,45)46)27-26(20)31(39)28-22(37)15-25(52(47,48)49)30(38)29(28)32(27)40;;;/h7-15,35-38H,1-6H3,(H,41,42,43)(H,44,45,46)(H,47,48,49);;;. The molecule has 0 fully saturated rings. The third-order valence-corrected chi connectivity index (χ3v) is 11.1. The van der Waals surface area contributed by atoms with Crippen molar-refractivity contribution in [3.8, 4) is 11.5 Å². The molecule has 55 heavy (non-hydrogen) atoms. The quantitative estimate of drug-likeness (QED) is 0.0673. The van der Waals surface area contributed by atoms with E-state index in [-0.39, 0.29) is 111 Å². The predicted molar refractivity (Wildman–Crippen MR) is 207 cm³/mol. The van der Waals surface area contributed by atoms with E-state index in [9.17, 15) is 58.7 Å². The molecule has 279 valence electrons. The summed E-state index contributed by atoms with van der Waals surface area (Å²) in [6.07, 6.45) is 0. The summed E-state index contributed by atoms with van der Waals surface area (Å²) in [5, 5.41) is 27.1. The van der Waals surface area contributed by atoms with E-state index in [1.165, 1.54) is 36.4 Å². The number of ketones is 2. The van der Waals surface area contributed by atoms with E-state index >= 15 is 0 Å². The maximum absolute atomic E-state index is 14.3. The van der Waals surface area contributed by atoms with E-state index < -0.39 is 101 Å². The molecule has 0 aromatic heterocycles. The summed E-state index contributed by atoms with van der Waals surface area (Å²) in [4.78, 5) is 26.0. The number of hydrogen-bond acceptors (Lipinski definition) is 12. The fraction of sp³-hybridized carbons (Fsp3) is 0.235. The minimum Gasteiger partial charge on any atom is -0.507 e. The number of anilines is 4. The van der Waals surface area contributed by atoms with Crippen LogP contribution in [0.5, 0.6) is 11.5 Å². The molecular weight excluding hydrogens is 810 g/mol. The Bertz CT molecular complexity index is 2580. The molecule has 0 unspecified atom stereocenters. The predicted octanol–water partition coefficient (Wildman–Crippen LogP) is 4.55. The molecule has 4 aromatic rings. The van der Waals surface area contributed by atoms with Gasteiger partial charge in [0.15, 0.2) is 0 Å². The number of carbonyl (C=O) groups is 2. The SMILES string of the molecule is CC(C)(C)c1ccc(Nc2ccc(Nc3ccc(C(C)(C)C)cc3S(=O)(=O)O)c3c2C(=O)c2c(O)cc(S(=O)(=O)O)c(O)c2C3=O)c(S(=O)(=O)O)c1.[Na].[Na].[Na]. The summed E-state index contributed by atoms with van der Waals surface area (Å²) in [7, 11) is -15.1. The molecule has 0 saturated heterocycles. The van der Waals surface area contributed by atoms with Gasteiger partial charge in [0.05, 0.1) is 45.0 Å². The number of rotatable bonds is 7. The van der Waals surface area contributed by atoms with Gasteiger partial charge in [-0.15, -0.1) is 0 Å². The summed E-state index contributed by atoms with van der Waals surface area (Å²) in [6, 6.07) is 10.8. The number of aromatic hydroxyl groups is 2. The molecule has 5 rings (SSSR count).